The van der Waals surface area contributed by atoms with Gasteiger partial charge in [-0.05, 0) is 54.4 Å². The molecule has 0 radical (unpaired) electrons. The van der Waals surface area contributed by atoms with E-state index in [0.29, 0.717) is 30.6 Å². The number of anilines is 1. The molecule has 1 heterocycles. The van der Waals surface area contributed by atoms with Crippen LogP contribution in [-0.4, -0.2) is 36.7 Å². The van der Waals surface area contributed by atoms with Gasteiger partial charge in [0.2, 0.25) is 5.91 Å². The zero-order valence-electron chi connectivity index (χ0n) is 12.3. The third-order valence-electron chi connectivity index (χ3n) is 5.13. The predicted octanol–water partition coefficient (Wildman–Crippen LogP) is 1.63. The maximum absolute atomic E-state index is 14.1. The van der Waals surface area contributed by atoms with Crippen LogP contribution in [0.4, 0.5) is 10.1 Å². The number of carbonyl (C=O) groups excluding carboxylic acids is 2. The number of halogens is 1. The summed E-state index contributed by atoms with van der Waals surface area (Å²) < 4.78 is 14.1. The number of hydrogen-bond acceptors (Lipinski definition) is 3. The van der Waals surface area contributed by atoms with Gasteiger partial charge in [0.05, 0.1) is 6.54 Å². The van der Waals surface area contributed by atoms with E-state index in [1.54, 1.807) is 6.07 Å². The molecule has 0 spiro atoms. The summed E-state index contributed by atoms with van der Waals surface area (Å²) in [6.07, 6.45) is 3.23. The molecule has 1 aromatic rings. The van der Waals surface area contributed by atoms with Gasteiger partial charge in [-0.15, -0.1) is 0 Å². The number of amides is 1. The Morgan fingerprint density at radius 1 is 1.32 bits per heavy atom. The van der Waals surface area contributed by atoms with E-state index in [2.05, 4.69) is 10.2 Å². The SMILES string of the molecule is O=CC1Cc2cc(NC(=O)CN3CC4CC4C3)cc(F)c2C1. The van der Waals surface area contributed by atoms with Gasteiger partial charge in [-0.2, -0.15) is 0 Å². The fraction of sp³-hybridized carbons (Fsp3) is 0.529. The maximum atomic E-state index is 14.1. The van der Waals surface area contributed by atoms with Crippen molar-refractivity contribution in [2.45, 2.75) is 19.3 Å². The Hall–Kier alpha value is -1.75. The smallest absolute Gasteiger partial charge is 0.238 e. The minimum atomic E-state index is -0.320. The van der Waals surface area contributed by atoms with Crippen LogP contribution in [0.1, 0.15) is 17.5 Å². The van der Waals surface area contributed by atoms with E-state index in [0.717, 1.165) is 36.8 Å². The molecule has 1 saturated carbocycles. The molecular weight excluding hydrogens is 283 g/mol. The Kier molecular flexibility index (Phi) is 3.26. The number of hydrogen-bond donors (Lipinski definition) is 1. The topological polar surface area (TPSA) is 49.4 Å². The summed E-state index contributed by atoms with van der Waals surface area (Å²) >= 11 is 0. The van der Waals surface area contributed by atoms with Gasteiger partial charge < -0.3 is 10.1 Å². The Labute approximate surface area is 128 Å². The van der Waals surface area contributed by atoms with Crippen molar-refractivity contribution in [2.75, 3.05) is 25.0 Å². The minimum absolute atomic E-state index is 0.0921. The molecule has 0 aromatic heterocycles. The molecule has 1 N–H and O–H groups in total. The van der Waals surface area contributed by atoms with Crippen LogP contribution in [0.5, 0.6) is 0 Å². The minimum Gasteiger partial charge on any atom is -0.325 e. The van der Waals surface area contributed by atoms with Crippen molar-refractivity contribution in [3.05, 3.63) is 29.1 Å². The van der Waals surface area contributed by atoms with Crippen LogP contribution < -0.4 is 5.32 Å². The first-order valence-corrected chi connectivity index (χ1v) is 7.91. The van der Waals surface area contributed by atoms with Crippen molar-refractivity contribution in [3.8, 4) is 0 Å². The van der Waals surface area contributed by atoms with Crippen molar-refractivity contribution in [1.82, 2.24) is 4.90 Å². The molecular formula is C17H19FN2O2. The largest absolute Gasteiger partial charge is 0.325 e. The van der Waals surface area contributed by atoms with Crippen molar-refractivity contribution in [1.29, 1.82) is 0 Å². The molecule has 2 aliphatic carbocycles. The van der Waals surface area contributed by atoms with E-state index in [1.165, 1.54) is 12.5 Å². The van der Waals surface area contributed by atoms with Gasteiger partial charge in [-0.3, -0.25) is 9.69 Å². The Morgan fingerprint density at radius 3 is 2.82 bits per heavy atom. The highest BCUT2D eigenvalue weighted by atomic mass is 19.1. The number of fused-ring (bicyclic) bond motifs is 2. The van der Waals surface area contributed by atoms with Crippen LogP contribution in [0.25, 0.3) is 0 Å². The molecule has 3 atom stereocenters. The molecule has 5 heteroatoms. The summed E-state index contributed by atoms with van der Waals surface area (Å²) in [5, 5.41) is 2.79. The van der Waals surface area contributed by atoms with Crippen molar-refractivity contribution in [2.24, 2.45) is 17.8 Å². The third-order valence-corrected chi connectivity index (χ3v) is 5.13. The summed E-state index contributed by atoms with van der Waals surface area (Å²) in [6, 6.07) is 3.17. The molecule has 4 nitrogen and oxygen atoms in total. The molecule has 1 aromatic carbocycles. The molecule has 3 unspecified atom stereocenters. The molecule has 1 aliphatic heterocycles. The second-order valence-corrected chi connectivity index (χ2v) is 6.90. The number of benzene rings is 1. The van der Waals surface area contributed by atoms with Crippen LogP contribution in [-0.2, 0) is 22.4 Å². The second-order valence-electron chi connectivity index (χ2n) is 6.90. The lowest BCUT2D eigenvalue weighted by atomic mass is 10.1. The van der Waals surface area contributed by atoms with Gasteiger partial charge in [-0.1, -0.05) is 0 Å². The molecule has 116 valence electrons. The van der Waals surface area contributed by atoms with E-state index in [-0.39, 0.29) is 17.6 Å². The van der Waals surface area contributed by atoms with E-state index < -0.39 is 0 Å². The molecule has 1 amide bonds. The van der Waals surface area contributed by atoms with Crippen molar-refractivity contribution >= 4 is 17.9 Å². The highest BCUT2D eigenvalue weighted by molar-refractivity contribution is 5.92. The van der Waals surface area contributed by atoms with E-state index in [4.69, 9.17) is 0 Å². The van der Waals surface area contributed by atoms with Gasteiger partial charge in [0, 0.05) is 24.7 Å². The molecule has 1 saturated heterocycles. The fourth-order valence-corrected chi connectivity index (χ4v) is 3.92. The zero-order chi connectivity index (χ0) is 15.3. The summed E-state index contributed by atoms with van der Waals surface area (Å²) in [4.78, 5) is 25.1. The lowest BCUT2D eigenvalue weighted by Crippen LogP contribution is -2.32. The number of nitrogens with zero attached hydrogens (tertiary/aromatic N) is 1. The monoisotopic (exact) mass is 302 g/mol. The van der Waals surface area contributed by atoms with Gasteiger partial charge in [-0.25, -0.2) is 4.39 Å². The van der Waals surface area contributed by atoms with Crippen molar-refractivity contribution < 1.29 is 14.0 Å². The lowest BCUT2D eigenvalue weighted by molar-refractivity contribution is -0.117. The third kappa shape index (κ3) is 2.54. The van der Waals surface area contributed by atoms with E-state index in [1.807, 2.05) is 0 Å². The first kappa shape index (κ1) is 13.9. The van der Waals surface area contributed by atoms with Gasteiger partial charge in [0.1, 0.15) is 12.1 Å². The number of aldehydes is 1. The summed E-state index contributed by atoms with van der Waals surface area (Å²) in [7, 11) is 0. The average molecular weight is 302 g/mol. The number of rotatable bonds is 4. The first-order valence-electron chi connectivity index (χ1n) is 7.91. The van der Waals surface area contributed by atoms with Crippen LogP contribution in [0, 0.1) is 23.6 Å². The molecule has 0 bridgehead atoms. The standard InChI is InChI=1S/C17H19FN2O2/c18-16-5-14(4-11-1-10(9-21)2-15(11)16)19-17(22)8-20-6-12-3-13(12)7-20/h4-5,9-10,12-13H,1-3,6-8H2,(H,19,22). The molecule has 2 fully saturated rings. The van der Waals surface area contributed by atoms with E-state index in [9.17, 15) is 14.0 Å². The normalized spacial score (nSPS) is 29.0. The van der Waals surface area contributed by atoms with Crippen LogP contribution >= 0.6 is 0 Å². The molecule has 3 aliphatic rings. The number of piperidine rings is 1. The Balaban J connectivity index is 1.41. The second kappa shape index (κ2) is 5.16. The first-order chi connectivity index (χ1) is 10.6. The van der Waals surface area contributed by atoms with Gasteiger partial charge >= 0.3 is 0 Å². The van der Waals surface area contributed by atoms with Crippen molar-refractivity contribution in [3.63, 3.8) is 0 Å². The maximum Gasteiger partial charge on any atom is 0.238 e. The highest BCUT2D eigenvalue weighted by Crippen LogP contribution is 2.44. The quantitative estimate of drug-likeness (QED) is 0.860. The van der Waals surface area contributed by atoms with Crippen LogP contribution in [0.3, 0.4) is 0 Å². The Bertz CT molecular complexity index is 636. The molecule has 22 heavy (non-hydrogen) atoms. The van der Waals surface area contributed by atoms with Gasteiger partial charge in [0.15, 0.2) is 0 Å². The van der Waals surface area contributed by atoms with Crippen LogP contribution in [0.2, 0.25) is 0 Å². The lowest BCUT2D eigenvalue weighted by Gasteiger charge is -2.17. The van der Waals surface area contributed by atoms with Gasteiger partial charge in [0.25, 0.3) is 0 Å². The number of nitrogens with one attached hydrogen (secondary N) is 1. The summed E-state index contributed by atoms with van der Waals surface area (Å²) in [5.74, 6) is 1.05. The Morgan fingerprint density at radius 2 is 2.09 bits per heavy atom. The predicted molar refractivity (Wildman–Crippen MR) is 80.0 cm³/mol. The highest BCUT2D eigenvalue weighted by Gasteiger charge is 2.45. The summed E-state index contributed by atoms with van der Waals surface area (Å²) in [5.41, 5.74) is 1.96. The number of likely N-dealkylation sites (tertiary alicyclic amines) is 1. The molecule has 4 rings (SSSR count). The van der Waals surface area contributed by atoms with Crippen LogP contribution in [0.15, 0.2) is 12.1 Å². The number of carbonyl (C=O) groups is 2. The summed E-state index contributed by atoms with van der Waals surface area (Å²) in [6.45, 7) is 2.40. The van der Waals surface area contributed by atoms with E-state index >= 15 is 0 Å². The average Bonchev–Trinajstić information content (AvgIpc) is 2.91. The zero-order valence-corrected chi connectivity index (χ0v) is 12.3. The fourth-order valence-electron chi connectivity index (χ4n) is 3.92.